The van der Waals surface area contributed by atoms with Crippen LogP contribution in [0.2, 0.25) is 0 Å². The molecule has 0 radical (unpaired) electrons. The number of carbonyl (C=O) groups excluding carboxylic acids is 2. The standard InChI is InChI=1S/C26H11O8P.2Na/c1-3-5-7-9-11-12-13-14-15-17-18-20-25(27)32-22-24(23-33-35(29,30)31)34-26(28)21-19-16-10-8-6-4-2;;/h2,24H,22-23H2,1H3,(H2,29,30,31);;/q;2*+1/p-2/t24-;;/m1../s1. The minimum Gasteiger partial charge on any atom is -0.790 e. The summed E-state index contributed by atoms with van der Waals surface area (Å²) in [5, 5.41) is 0. The maximum absolute atomic E-state index is 11.7. The molecule has 0 aromatic rings. The van der Waals surface area contributed by atoms with Crippen LogP contribution in [0.4, 0.5) is 0 Å². The molecule has 0 aromatic heterocycles. The Hall–Kier alpha value is -3.35. The van der Waals surface area contributed by atoms with Crippen LogP contribution >= 0.6 is 7.82 Å². The zero-order chi connectivity index (χ0) is 26.2. The van der Waals surface area contributed by atoms with Gasteiger partial charge in [-0.25, -0.2) is 9.59 Å². The van der Waals surface area contributed by atoms with E-state index >= 15 is 0 Å². The fourth-order valence-corrected chi connectivity index (χ4v) is 1.63. The van der Waals surface area contributed by atoms with Gasteiger partial charge in [-0.1, -0.05) is 5.92 Å². The quantitative estimate of drug-likeness (QED) is 0.110. The van der Waals surface area contributed by atoms with E-state index in [0.29, 0.717) is 0 Å². The van der Waals surface area contributed by atoms with Crippen LogP contribution in [0.15, 0.2) is 0 Å². The summed E-state index contributed by atoms with van der Waals surface area (Å²) in [6.45, 7) is 0.00338. The molecule has 0 bridgehead atoms. The third kappa shape index (κ3) is 28.8. The molecule has 0 amide bonds. The van der Waals surface area contributed by atoms with Crippen molar-refractivity contribution in [1.29, 1.82) is 0 Å². The SMILES string of the molecule is C#CC#CC#CC#CC(=O)O[C@H](COC(=O)C#CC#CC#CC#CC#CC#CC)COP(=O)([O-])[O-].[Na+].[Na+]. The fraction of sp³-hybridized carbons (Fsp3) is 0.154. The molecule has 0 heterocycles. The van der Waals surface area contributed by atoms with E-state index in [-0.39, 0.29) is 59.1 Å². The van der Waals surface area contributed by atoms with E-state index in [9.17, 15) is 23.9 Å². The van der Waals surface area contributed by atoms with E-state index in [2.05, 4.69) is 99.3 Å². The molecule has 37 heavy (non-hydrogen) atoms. The molecule has 0 aliphatic rings. The maximum Gasteiger partial charge on any atom is 1.00 e. The Morgan fingerprint density at radius 1 is 0.730 bits per heavy atom. The van der Waals surface area contributed by atoms with Gasteiger partial charge in [-0.15, -0.1) is 6.42 Å². The van der Waals surface area contributed by atoms with Gasteiger partial charge in [-0.05, 0) is 102 Å². The molecule has 0 fully saturated rings. The summed E-state index contributed by atoms with van der Waals surface area (Å²) in [6.07, 6.45) is 3.39. The monoisotopic (exact) mass is 526 g/mol. The van der Waals surface area contributed by atoms with Crippen molar-refractivity contribution in [3.63, 3.8) is 0 Å². The number of carbonyl (C=O) groups is 2. The van der Waals surface area contributed by atoms with Gasteiger partial charge in [0, 0.05) is 11.8 Å². The summed E-state index contributed by atoms with van der Waals surface area (Å²) in [4.78, 5) is 44.6. The molecule has 0 saturated heterocycles. The third-order valence-corrected chi connectivity index (χ3v) is 2.90. The molecule has 0 rings (SSSR count). The van der Waals surface area contributed by atoms with E-state index in [4.69, 9.17) is 15.9 Å². The average molecular weight is 526 g/mol. The molecule has 1 atom stereocenters. The summed E-state index contributed by atoms with van der Waals surface area (Å²) < 4.78 is 24.1. The fourth-order valence-electron chi connectivity index (χ4n) is 1.28. The molecule has 0 saturated carbocycles. The Bertz CT molecular complexity index is 1490. The van der Waals surface area contributed by atoms with E-state index in [1.807, 2.05) is 17.8 Å². The topological polar surface area (TPSA) is 125 Å². The van der Waals surface area contributed by atoms with Gasteiger partial charge in [0.1, 0.15) is 6.61 Å². The number of phosphoric acid groups is 1. The summed E-state index contributed by atoms with van der Waals surface area (Å²) in [7, 11) is -5.39. The van der Waals surface area contributed by atoms with Gasteiger partial charge in [0.05, 0.1) is 14.4 Å². The Kier molecular flexibility index (Phi) is 26.6. The number of hydrogen-bond acceptors (Lipinski definition) is 8. The second kappa shape index (κ2) is 25.7. The first kappa shape index (κ1) is 38.2. The predicted octanol–water partition coefficient (Wildman–Crippen LogP) is -8.02. The van der Waals surface area contributed by atoms with Crippen LogP contribution in [-0.2, 0) is 28.2 Å². The zero-order valence-electron chi connectivity index (χ0n) is 19.8. The first-order chi connectivity index (χ1) is 16.8. The van der Waals surface area contributed by atoms with E-state index < -0.39 is 39.1 Å². The van der Waals surface area contributed by atoms with Crippen molar-refractivity contribution in [3.8, 4) is 119 Å². The van der Waals surface area contributed by atoms with Gasteiger partial charge < -0.3 is 28.3 Å². The van der Waals surface area contributed by atoms with Crippen molar-refractivity contribution in [1.82, 2.24) is 0 Å². The van der Waals surface area contributed by atoms with Crippen molar-refractivity contribution < 1.29 is 97.1 Å². The van der Waals surface area contributed by atoms with Crippen LogP contribution in [0.25, 0.3) is 0 Å². The molecule has 0 spiro atoms. The van der Waals surface area contributed by atoms with Crippen molar-refractivity contribution >= 4 is 19.8 Å². The molecule has 0 N–H and O–H groups in total. The van der Waals surface area contributed by atoms with Crippen LogP contribution < -0.4 is 68.9 Å². The van der Waals surface area contributed by atoms with E-state index in [0.717, 1.165) is 0 Å². The van der Waals surface area contributed by atoms with Gasteiger partial charge in [0.2, 0.25) is 0 Å². The van der Waals surface area contributed by atoms with E-state index in [1.54, 1.807) is 6.92 Å². The molecule has 0 aromatic carbocycles. The first-order valence-corrected chi connectivity index (χ1v) is 10.2. The average Bonchev–Trinajstić information content (AvgIpc) is 2.81. The van der Waals surface area contributed by atoms with Gasteiger partial charge in [0.25, 0.3) is 0 Å². The molecule has 0 unspecified atom stereocenters. The van der Waals surface area contributed by atoms with Gasteiger partial charge in [-0.3, -0.25) is 0 Å². The van der Waals surface area contributed by atoms with Crippen LogP contribution in [-0.4, -0.2) is 31.3 Å². The Balaban J connectivity index is -0.00000578. The van der Waals surface area contributed by atoms with Gasteiger partial charge >= 0.3 is 71.1 Å². The number of ether oxygens (including phenoxy) is 2. The smallest absolute Gasteiger partial charge is 0.790 e. The number of rotatable bonds is 6. The summed E-state index contributed by atoms with van der Waals surface area (Å²) in [5.41, 5.74) is 0. The van der Waals surface area contributed by atoms with Crippen LogP contribution in [0, 0.1) is 119 Å². The molecule has 0 aliphatic carbocycles. The molecular formula is C26H9Na2O8P. The first-order valence-electron chi connectivity index (χ1n) is 8.72. The van der Waals surface area contributed by atoms with Crippen molar-refractivity contribution in [2.45, 2.75) is 13.0 Å². The second-order valence-corrected chi connectivity index (χ2v) is 6.04. The number of terminal acetylenes is 1. The predicted molar refractivity (Wildman–Crippen MR) is 119 cm³/mol. The molecular weight excluding hydrogens is 517 g/mol. The minimum atomic E-state index is -5.39. The Morgan fingerprint density at radius 3 is 1.62 bits per heavy atom. The van der Waals surface area contributed by atoms with Crippen molar-refractivity contribution in [2.24, 2.45) is 0 Å². The minimum absolute atomic E-state index is 0. The molecule has 0 aliphatic heterocycles. The maximum atomic E-state index is 11.7. The Labute approximate surface area is 259 Å². The van der Waals surface area contributed by atoms with Crippen molar-refractivity contribution in [2.75, 3.05) is 13.2 Å². The van der Waals surface area contributed by atoms with Crippen molar-refractivity contribution in [3.05, 3.63) is 0 Å². The molecule has 168 valence electrons. The summed E-state index contributed by atoms with van der Waals surface area (Å²) >= 11 is 0. The van der Waals surface area contributed by atoms with Gasteiger partial charge in [-0.2, -0.15) is 0 Å². The number of hydrogen-bond donors (Lipinski definition) is 0. The van der Waals surface area contributed by atoms with Crippen LogP contribution in [0.5, 0.6) is 0 Å². The summed E-state index contributed by atoms with van der Waals surface area (Å²) in [6, 6.07) is 0. The second-order valence-electron chi connectivity index (χ2n) is 4.89. The zero-order valence-corrected chi connectivity index (χ0v) is 24.7. The Morgan fingerprint density at radius 2 is 1.16 bits per heavy atom. The van der Waals surface area contributed by atoms with Crippen LogP contribution in [0.3, 0.4) is 0 Å². The molecule has 8 nitrogen and oxygen atoms in total. The van der Waals surface area contributed by atoms with Gasteiger partial charge in [0.15, 0.2) is 6.10 Å². The molecule has 11 heteroatoms. The summed E-state index contributed by atoms with van der Waals surface area (Å²) in [5.74, 6) is 40.8. The number of phosphoric ester groups is 1. The largest absolute Gasteiger partial charge is 1.00 e. The third-order valence-electron chi connectivity index (χ3n) is 2.43. The number of esters is 2. The normalized spacial score (nSPS) is 7.62. The van der Waals surface area contributed by atoms with E-state index in [1.165, 1.54) is 0 Å². The van der Waals surface area contributed by atoms with Crippen LogP contribution in [0.1, 0.15) is 6.92 Å².